The predicted octanol–water partition coefficient (Wildman–Crippen LogP) is 2.45. The summed E-state index contributed by atoms with van der Waals surface area (Å²) in [7, 11) is -1.17. The van der Waals surface area contributed by atoms with Crippen molar-refractivity contribution in [2.75, 3.05) is 19.1 Å². The van der Waals surface area contributed by atoms with Gasteiger partial charge in [-0.3, -0.25) is 4.90 Å². The van der Waals surface area contributed by atoms with Gasteiger partial charge in [-0.05, 0) is 47.6 Å². The van der Waals surface area contributed by atoms with E-state index >= 15 is 0 Å². The van der Waals surface area contributed by atoms with E-state index in [9.17, 15) is 12.8 Å². The average molecular weight is 338 g/mol. The SMILES string of the molecule is CC(CS(C)(=O)=O)N(C)Cc1ccc(Br)c(F)c1. The van der Waals surface area contributed by atoms with Crippen LogP contribution in [0.25, 0.3) is 0 Å². The maximum absolute atomic E-state index is 13.3. The fraction of sp³-hybridized carbons (Fsp3) is 0.500. The zero-order valence-electron chi connectivity index (χ0n) is 10.7. The minimum Gasteiger partial charge on any atom is -0.298 e. The van der Waals surface area contributed by atoms with Crippen molar-refractivity contribution in [2.45, 2.75) is 19.5 Å². The van der Waals surface area contributed by atoms with E-state index in [4.69, 9.17) is 0 Å². The van der Waals surface area contributed by atoms with Gasteiger partial charge in [0.15, 0.2) is 0 Å². The molecule has 6 heteroatoms. The summed E-state index contributed by atoms with van der Waals surface area (Å²) in [5, 5.41) is 0. The van der Waals surface area contributed by atoms with Gasteiger partial charge in [0.25, 0.3) is 0 Å². The van der Waals surface area contributed by atoms with Crippen molar-refractivity contribution in [2.24, 2.45) is 0 Å². The Balaban J connectivity index is 2.69. The summed E-state index contributed by atoms with van der Waals surface area (Å²) in [5.74, 6) is -0.209. The third-order valence-electron chi connectivity index (χ3n) is 2.71. The minimum absolute atomic E-state index is 0.0997. The van der Waals surface area contributed by atoms with E-state index in [2.05, 4.69) is 15.9 Å². The predicted molar refractivity (Wildman–Crippen MR) is 74.7 cm³/mol. The lowest BCUT2D eigenvalue weighted by atomic mass is 10.2. The maximum atomic E-state index is 13.3. The molecule has 0 amide bonds. The van der Waals surface area contributed by atoms with Crippen LogP contribution in [0.5, 0.6) is 0 Å². The quantitative estimate of drug-likeness (QED) is 0.828. The number of halogens is 2. The highest BCUT2D eigenvalue weighted by atomic mass is 79.9. The highest BCUT2D eigenvalue weighted by molar-refractivity contribution is 9.10. The lowest BCUT2D eigenvalue weighted by Gasteiger charge is -2.24. The van der Waals surface area contributed by atoms with Crippen molar-refractivity contribution in [1.82, 2.24) is 4.90 Å². The summed E-state index contributed by atoms with van der Waals surface area (Å²) in [6.45, 7) is 2.36. The molecule has 0 fully saturated rings. The average Bonchev–Trinajstić information content (AvgIpc) is 2.21. The van der Waals surface area contributed by atoms with Crippen LogP contribution in [0.1, 0.15) is 12.5 Å². The van der Waals surface area contributed by atoms with Crippen molar-refractivity contribution >= 4 is 25.8 Å². The van der Waals surface area contributed by atoms with Crippen molar-refractivity contribution in [3.63, 3.8) is 0 Å². The van der Waals surface area contributed by atoms with Crippen molar-refractivity contribution in [1.29, 1.82) is 0 Å². The summed E-state index contributed by atoms with van der Waals surface area (Å²) in [4.78, 5) is 1.89. The Morgan fingerprint density at radius 3 is 2.56 bits per heavy atom. The molecule has 1 unspecified atom stereocenters. The Morgan fingerprint density at radius 1 is 1.44 bits per heavy atom. The van der Waals surface area contributed by atoms with Crippen molar-refractivity contribution in [3.8, 4) is 0 Å². The van der Waals surface area contributed by atoms with Crippen LogP contribution in [0.4, 0.5) is 4.39 Å². The molecule has 0 aliphatic rings. The van der Waals surface area contributed by atoms with Gasteiger partial charge >= 0.3 is 0 Å². The van der Waals surface area contributed by atoms with Gasteiger partial charge in [-0.1, -0.05) is 6.07 Å². The molecule has 1 aromatic carbocycles. The molecule has 0 saturated carbocycles. The second-order valence-corrected chi connectivity index (χ2v) is 7.64. The fourth-order valence-corrected chi connectivity index (χ4v) is 3.02. The summed E-state index contributed by atoms with van der Waals surface area (Å²) >= 11 is 3.10. The molecule has 1 atom stereocenters. The number of nitrogens with zero attached hydrogens (tertiary/aromatic N) is 1. The van der Waals surface area contributed by atoms with Gasteiger partial charge in [0.1, 0.15) is 15.7 Å². The molecule has 1 aromatic rings. The highest BCUT2D eigenvalue weighted by Crippen LogP contribution is 2.17. The molecule has 3 nitrogen and oxygen atoms in total. The zero-order valence-corrected chi connectivity index (χ0v) is 13.1. The summed E-state index contributed by atoms with van der Waals surface area (Å²) in [6.07, 6.45) is 1.22. The largest absolute Gasteiger partial charge is 0.298 e. The van der Waals surface area contributed by atoms with Crippen LogP contribution in [0, 0.1) is 5.82 Å². The normalized spacial score (nSPS) is 13.9. The molecule has 0 radical (unpaired) electrons. The van der Waals surface area contributed by atoms with Gasteiger partial charge in [-0.25, -0.2) is 12.8 Å². The van der Waals surface area contributed by atoms with Crippen molar-refractivity contribution in [3.05, 3.63) is 34.1 Å². The smallest absolute Gasteiger partial charge is 0.148 e. The third-order valence-corrected chi connectivity index (χ3v) is 4.44. The minimum atomic E-state index is -3.00. The Labute approximate surface area is 116 Å². The van der Waals surface area contributed by atoms with Crippen LogP contribution in [0.3, 0.4) is 0 Å². The summed E-state index contributed by atoms with van der Waals surface area (Å²) in [5.41, 5.74) is 0.818. The van der Waals surface area contributed by atoms with Crippen LogP contribution in [-0.2, 0) is 16.4 Å². The second kappa shape index (κ2) is 6.12. The number of hydrogen-bond acceptors (Lipinski definition) is 3. The fourth-order valence-electron chi connectivity index (χ4n) is 1.65. The van der Waals surface area contributed by atoms with Gasteiger partial charge in [0, 0.05) is 18.8 Å². The first-order chi connectivity index (χ1) is 8.19. The number of rotatable bonds is 5. The Morgan fingerprint density at radius 2 is 2.06 bits per heavy atom. The zero-order chi connectivity index (χ0) is 13.9. The molecule has 0 aromatic heterocycles. The molecular formula is C12H17BrFNO2S. The highest BCUT2D eigenvalue weighted by Gasteiger charge is 2.15. The lowest BCUT2D eigenvalue weighted by Crippen LogP contribution is -2.34. The van der Waals surface area contributed by atoms with Crippen LogP contribution < -0.4 is 0 Å². The van der Waals surface area contributed by atoms with E-state index in [1.807, 2.05) is 24.9 Å². The van der Waals surface area contributed by atoms with Gasteiger partial charge in [-0.15, -0.1) is 0 Å². The van der Waals surface area contributed by atoms with E-state index < -0.39 is 9.84 Å². The molecule has 0 bridgehead atoms. The molecule has 18 heavy (non-hydrogen) atoms. The topological polar surface area (TPSA) is 37.4 Å². The van der Waals surface area contributed by atoms with Crippen LogP contribution in [0.2, 0.25) is 0 Å². The number of sulfone groups is 1. The van der Waals surface area contributed by atoms with Crippen LogP contribution in [-0.4, -0.2) is 38.4 Å². The molecular weight excluding hydrogens is 321 g/mol. The molecule has 0 heterocycles. The van der Waals surface area contributed by atoms with Gasteiger partial charge in [0.05, 0.1) is 10.2 Å². The van der Waals surface area contributed by atoms with Crippen LogP contribution in [0.15, 0.2) is 22.7 Å². The molecule has 0 aliphatic carbocycles. The third kappa shape index (κ3) is 5.04. The van der Waals surface area contributed by atoms with E-state index in [1.165, 1.54) is 12.3 Å². The standard InChI is InChI=1S/C12H17BrFNO2S/c1-9(8-18(3,16)17)15(2)7-10-4-5-11(13)12(14)6-10/h4-6,9H,7-8H2,1-3H3. The first-order valence-corrected chi connectivity index (χ1v) is 8.36. The Bertz CT molecular complexity index is 519. The lowest BCUT2D eigenvalue weighted by molar-refractivity contribution is 0.267. The second-order valence-electron chi connectivity index (χ2n) is 4.61. The van der Waals surface area contributed by atoms with Gasteiger partial charge < -0.3 is 0 Å². The van der Waals surface area contributed by atoms with Crippen molar-refractivity contribution < 1.29 is 12.8 Å². The first kappa shape index (κ1) is 15.6. The molecule has 0 N–H and O–H groups in total. The Hall–Kier alpha value is -0.460. The molecule has 102 valence electrons. The van der Waals surface area contributed by atoms with E-state index in [0.717, 1.165) is 5.56 Å². The van der Waals surface area contributed by atoms with Gasteiger partial charge in [-0.2, -0.15) is 0 Å². The van der Waals surface area contributed by atoms with Crippen LogP contribution >= 0.6 is 15.9 Å². The summed E-state index contributed by atoms with van der Waals surface area (Å²) < 4.78 is 36.2. The van der Waals surface area contributed by atoms with E-state index in [0.29, 0.717) is 11.0 Å². The monoisotopic (exact) mass is 337 g/mol. The number of hydrogen-bond donors (Lipinski definition) is 0. The molecule has 1 rings (SSSR count). The van der Waals surface area contributed by atoms with E-state index in [1.54, 1.807) is 6.07 Å². The maximum Gasteiger partial charge on any atom is 0.148 e. The molecule has 0 spiro atoms. The Kier molecular flexibility index (Phi) is 5.31. The summed E-state index contributed by atoms with van der Waals surface area (Å²) in [6, 6.07) is 4.82. The molecule has 0 saturated heterocycles. The number of benzene rings is 1. The van der Waals surface area contributed by atoms with E-state index in [-0.39, 0.29) is 17.6 Å². The first-order valence-electron chi connectivity index (χ1n) is 5.51. The molecule has 0 aliphatic heterocycles. The van der Waals surface area contributed by atoms with Gasteiger partial charge in [0.2, 0.25) is 0 Å².